The maximum atomic E-state index is 12.5. The van der Waals surface area contributed by atoms with Crippen LogP contribution >= 0.6 is 0 Å². The number of aromatic nitrogens is 2. The first-order chi connectivity index (χ1) is 17.2. The Morgan fingerprint density at radius 2 is 1.74 bits per heavy atom. The van der Waals surface area contributed by atoms with E-state index in [4.69, 9.17) is 4.74 Å². The highest BCUT2D eigenvalue weighted by Gasteiger charge is 2.14. The van der Waals surface area contributed by atoms with Crippen LogP contribution in [0.5, 0.6) is 11.5 Å². The molecule has 0 spiro atoms. The van der Waals surface area contributed by atoms with Crippen LogP contribution in [0.15, 0.2) is 102 Å². The van der Waals surface area contributed by atoms with Gasteiger partial charge in [0.05, 0.1) is 11.9 Å². The number of aromatic amines is 1. The summed E-state index contributed by atoms with van der Waals surface area (Å²) < 4.78 is 6.18. The number of ether oxygens (including phenoxy) is 1. The largest absolute Gasteiger partial charge is 0.507 e. The summed E-state index contributed by atoms with van der Waals surface area (Å²) in [5.74, 6) is 0.287. The third kappa shape index (κ3) is 4.89. The molecule has 0 saturated carbocycles. The number of fused-ring (bicyclic) bond motifs is 1. The van der Waals surface area contributed by atoms with Crippen molar-refractivity contribution in [1.29, 1.82) is 0 Å². The van der Waals surface area contributed by atoms with Crippen molar-refractivity contribution in [2.45, 2.75) is 6.61 Å². The van der Waals surface area contributed by atoms with Gasteiger partial charge in [-0.05, 0) is 46.7 Å². The molecule has 0 fully saturated rings. The number of hydrogen-bond acceptors (Lipinski definition) is 5. The lowest BCUT2D eigenvalue weighted by molar-refractivity contribution is 0.0950. The van der Waals surface area contributed by atoms with Gasteiger partial charge in [0.15, 0.2) is 0 Å². The van der Waals surface area contributed by atoms with E-state index in [1.165, 1.54) is 6.21 Å². The average molecular weight is 463 g/mol. The molecule has 5 rings (SSSR count). The van der Waals surface area contributed by atoms with E-state index in [2.05, 4.69) is 45.0 Å². The molecule has 0 saturated heterocycles. The van der Waals surface area contributed by atoms with E-state index in [0.717, 1.165) is 21.9 Å². The second-order valence-corrected chi connectivity index (χ2v) is 7.85. The molecule has 3 N–H and O–H groups in total. The van der Waals surface area contributed by atoms with Gasteiger partial charge in [0.2, 0.25) is 0 Å². The molecular formula is C28H22N4O3. The first kappa shape index (κ1) is 21.9. The van der Waals surface area contributed by atoms with Crippen LogP contribution in [0.2, 0.25) is 0 Å². The van der Waals surface area contributed by atoms with Crippen molar-refractivity contribution in [1.82, 2.24) is 15.6 Å². The third-order valence-electron chi connectivity index (χ3n) is 5.56. The van der Waals surface area contributed by atoms with Gasteiger partial charge in [0.1, 0.15) is 23.8 Å². The van der Waals surface area contributed by atoms with Crippen LogP contribution in [0.25, 0.3) is 22.0 Å². The highest BCUT2D eigenvalue weighted by Crippen LogP contribution is 2.30. The lowest BCUT2D eigenvalue weighted by Gasteiger charge is -2.12. The first-order valence-electron chi connectivity index (χ1n) is 11.0. The zero-order valence-corrected chi connectivity index (χ0v) is 18.7. The van der Waals surface area contributed by atoms with Crippen molar-refractivity contribution >= 4 is 22.9 Å². The van der Waals surface area contributed by atoms with Crippen molar-refractivity contribution < 1.29 is 14.6 Å². The molecule has 0 atom stereocenters. The zero-order valence-electron chi connectivity index (χ0n) is 18.7. The monoisotopic (exact) mass is 462 g/mol. The topological polar surface area (TPSA) is 99.6 Å². The Kier molecular flexibility index (Phi) is 6.21. The standard InChI is InChI=1S/C28H22N4O3/c33-26-14-5-2-9-20(26)17-29-32-28(34)25-16-24(30-31-25)23-13-4-6-15-27(23)35-18-21-11-7-10-19-8-1-3-12-22(19)21/h1-17,33H,18H2,(H,30,31)(H,32,34). The maximum absolute atomic E-state index is 12.5. The Hall–Kier alpha value is -4.91. The molecule has 7 nitrogen and oxygen atoms in total. The molecule has 5 aromatic rings. The Bertz CT molecular complexity index is 1520. The lowest BCUT2D eigenvalue weighted by atomic mass is 10.1. The van der Waals surface area contributed by atoms with Crippen LogP contribution in [-0.4, -0.2) is 27.4 Å². The fraction of sp³-hybridized carbons (Fsp3) is 0.0357. The summed E-state index contributed by atoms with van der Waals surface area (Å²) in [6.45, 7) is 0.400. The van der Waals surface area contributed by atoms with Gasteiger partial charge in [-0.3, -0.25) is 9.89 Å². The quantitative estimate of drug-likeness (QED) is 0.226. The third-order valence-corrected chi connectivity index (χ3v) is 5.56. The zero-order chi connectivity index (χ0) is 24.0. The number of hydrazone groups is 1. The van der Waals surface area contributed by atoms with E-state index in [1.54, 1.807) is 30.3 Å². The van der Waals surface area contributed by atoms with Gasteiger partial charge in [0, 0.05) is 11.1 Å². The molecule has 0 aliphatic carbocycles. The number of carbonyl (C=O) groups excluding carboxylic acids is 1. The number of nitrogens with zero attached hydrogens (tertiary/aromatic N) is 2. The lowest BCUT2D eigenvalue weighted by Crippen LogP contribution is -2.18. The molecule has 4 aromatic carbocycles. The molecule has 1 heterocycles. The van der Waals surface area contributed by atoms with Gasteiger partial charge in [-0.2, -0.15) is 10.2 Å². The number of phenolic OH excluding ortho intramolecular Hbond substituents is 1. The fourth-order valence-corrected chi connectivity index (χ4v) is 3.77. The van der Waals surface area contributed by atoms with Crippen molar-refractivity contribution in [3.8, 4) is 22.8 Å². The van der Waals surface area contributed by atoms with Crippen molar-refractivity contribution in [2.24, 2.45) is 5.10 Å². The summed E-state index contributed by atoms with van der Waals surface area (Å²) in [6.07, 6.45) is 1.38. The molecule has 0 aliphatic rings. The number of rotatable bonds is 7. The number of H-pyrrole nitrogens is 1. The minimum Gasteiger partial charge on any atom is -0.507 e. The second kappa shape index (κ2) is 9.93. The van der Waals surface area contributed by atoms with E-state index in [1.807, 2.05) is 42.5 Å². The number of aromatic hydroxyl groups is 1. The van der Waals surface area contributed by atoms with Gasteiger partial charge in [-0.25, -0.2) is 5.43 Å². The van der Waals surface area contributed by atoms with Gasteiger partial charge in [-0.15, -0.1) is 0 Å². The van der Waals surface area contributed by atoms with E-state index in [0.29, 0.717) is 23.6 Å². The van der Waals surface area contributed by atoms with E-state index >= 15 is 0 Å². The summed E-state index contributed by atoms with van der Waals surface area (Å²) in [7, 11) is 0. The maximum Gasteiger partial charge on any atom is 0.289 e. The van der Waals surface area contributed by atoms with Gasteiger partial charge in [0.25, 0.3) is 5.91 Å². The van der Waals surface area contributed by atoms with Crippen LogP contribution < -0.4 is 10.2 Å². The molecule has 1 aromatic heterocycles. The normalized spacial score (nSPS) is 11.1. The minimum absolute atomic E-state index is 0.0782. The summed E-state index contributed by atoms with van der Waals surface area (Å²) in [5, 5.41) is 23.0. The van der Waals surface area contributed by atoms with E-state index in [9.17, 15) is 9.90 Å². The molecule has 7 heteroatoms. The summed E-state index contributed by atoms with van der Waals surface area (Å²) in [6, 6.07) is 30.3. The molecule has 1 amide bonds. The first-order valence-corrected chi connectivity index (χ1v) is 11.0. The van der Waals surface area contributed by atoms with Crippen molar-refractivity contribution in [3.05, 3.63) is 114 Å². The SMILES string of the molecule is O=C(NN=Cc1ccccc1O)c1cc(-c2ccccc2OCc2cccc3ccccc23)n[nH]1. The average Bonchev–Trinajstić information content (AvgIpc) is 3.39. The highest BCUT2D eigenvalue weighted by atomic mass is 16.5. The summed E-state index contributed by atoms with van der Waals surface area (Å²) >= 11 is 0. The number of phenols is 1. The number of carbonyl (C=O) groups is 1. The molecule has 35 heavy (non-hydrogen) atoms. The number of nitrogens with one attached hydrogen (secondary N) is 2. The van der Waals surface area contributed by atoms with Crippen molar-refractivity contribution in [3.63, 3.8) is 0 Å². The van der Waals surface area contributed by atoms with Crippen LogP contribution in [0.3, 0.4) is 0 Å². The number of hydrogen-bond donors (Lipinski definition) is 3. The predicted molar refractivity (Wildman–Crippen MR) is 135 cm³/mol. The molecule has 0 radical (unpaired) electrons. The number of amides is 1. The van der Waals surface area contributed by atoms with Gasteiger partial charge in [-0.1, -0.05) is 66.7 Å². The number of benzene rings is 4. The highest BCUT2D eigenvalue weighted by molar-refractivity contribution is 5.94. The van der Waals surface area contributed by atoms with Crippen LogP contribution in [0, 0.1) is 0 Å². The number of para-hydroxylation sites is 2. The van der Waals surface area contributed by atoms with E-state index in [-0.39, 0.29) is 11.4 Å². The summed E-state index contributed by atoms with van der Waals surface area (Å²) in [4.78, 5) is 12.5. The van der Waals surface area contributed by atoms with Gasteiger partial charge >= 0.3 is 0 Å². The van der Waals surface area contributed by atoms with Gasteiger partial charge < -0.3 is 9.84 Å². The molecule has 0 bridgehead atoms. The van der Waals surface area contributed by atoms with Crippen LogP contribution in [-0.2, 0) is 6.61 Å². The Morgan fingerprint density at radius 3 is 2.66 bits per heavy atom. The summed E-state index contributed by atoms with van der Waals surface area (Å²) in [5.41, 5.74) is 5.61. The minimum atomic E-state index is -0.454. The van der Waals surface area contributed by atoms with Crippen LogP contribution in [0.1, 0.15) is 21.6 Å². The molecule has 172 valence electrons. The Morgan fingerprint density at radius 1 is 0.971 bits per heavy atom. The second-order valence-electron chi connectivity index (χ2n) is 7.85. The Labute approximate surface area is 201 Å². The van der Waals surface area contributed by atoms with Crippen LogP contribution in [0.4, 0.5) is 0 Å². The van der Waals surface area contributed by atoms with E-state index < -0.39 is 5.91 Å². The van der Waals surface area contributed by atoms with Crippen molar-refractivity contribution in [2.75, 3.05) is 0 Å². The Balaban J connectivity index is 1.30. The molecular weight excluding hydrogens is 440 g/mol. The molecule has 0 aliphatic heterocycles. The smallest absolute Gasteiger partial charge is 0.289 e. The predicted octanol–water partition coefficient (Wildman–Crippen LogP) is 5.28. The molecule has 0 unspecified atom stereocenters. The fourth-order valence-electron chi connectivity index (χ4n) is 3.77.